The topological polar surface area (TPSA) is 360 Å². The molecule has 0 unspecified atom stereocenters. The van der Waals surface area contributed by atoms with Crippen molar-refractivity contribution in [1.29, 1.82) is 11.1 Å². The first-order valence-corrected chi connectivity index (χ1v) is 31.1. The Bertz CT molecular complexity index is 4590. The van der Waals surface area contributed by atoms with Crippen LogP contribution in [0.4, 0.5) is 47.7 Å². The summed E-state index contributed by atoms with van der Waals surface area (Å²) in [7, 11) is 4.62. The molecule has 2 aliphatic heterocycles. The van der Waals surface area contributed by atoms with Crippen LogP contribution in [0, 0.1) is 28.5 Å². The number of imide groups is 2. The van der Waals surface area contributed by atoms with Crippen LogP contribution in [0.15, 0.2) is 159 Å². The number of fused-ring (bicyclic) bond motifs is 5. The normalized spacial score (nSPS) is 11.3. The van der Waals surface area contributed by atoms with Crippen molar-refractivity contribution in [2.24, 2.45) is 5.73 Å². The van der Waals surface area contributed by atoms with Gasteiger partial charge in [-0.1, -0.05) is 94.6 Å². The number of hydrogen-bond donors (Lipinski definition) is 6. The number of carbonyl (C=O) groups is 4. The van der Waals surface area contributed by atoms with E-state index in [0.29, 0.717) is 138 Å². The molecule has 0 fully saturated rings. The number of anilines is 6. The summed E-state index contributed by atoms with van der Waals surface area (Å²) in [6, 6.07) is 36.8. The summed E-state index contributed by atoms with van der Waals surface area (Å²) in [6.07, 6.45) is 4.25. The van der Waals surface area contributed by atoms with Gasteiger partial charge in [0.25, 0.3) is 11.8 Å². The second kappa shape index (κ2) is 38.4. The molecule has 0 atom stereocenters. The van der Waals surface area contributed by atoms with Gasteiger partial charge in [-0.2, -0.15) is 0 Å². The third-order valence-corrected chi connectivity index (χ3v) is 15.3. The van der Waals surface area contributed by atoms with Crippen LogP contribution in [0.3, 0.4) is 0 Å². The minimum absolute atomic E-state index is 0. The van der Waals surface area contributed by atoms with Gasteiger partial charge in [0, 0.05) is 75.8 Å². The van der Waals surface area contributed by atoms with Crippen LogP contribution in [0.1, 0.15) is 50.3 Å². The number of rotatable bonds is 19. The van der Waals surface area contributed by atoms with E-state index >= 15 is 0 Å². The number of carbonyl (C=O) groups excluding carboxylic acids is 4. The first-order valence-electron chi connectivity index (χ1n) is 28.9. The van der Waals surface area contributed by atoms with E-state index < -0.39 is 29.3 Å². The number of hydrogen-bond acceptors (Lipinski definition) is 22. The zero-order valence-corrected chi connectivity index (χ0v) is 60.1. The van der Waals surface area contributed by atoms with E-state index in [-0.39, 0.29) is 106 Å². The van der Waals surface area contributed by atoms with Crippen LogP contribution < -0.4 is 101 Å². The number of nitrogens with two attached hydrogens (primary N) is 1. The molecular formula is C68H62BrCl3F3KN14O11. The first-order chi connectivity index (χ1) is 47.5. The molecule has 11 aromatic rings. The second-order valence-electron chi connectivity index (χ2n) is 20.1. The van der Waals surface area contributed by atoms with Crippen molar-refractivity contribution in [3.8, 4) is 34.5 Å². The molecule has 0 aliphatic carbocycles. The van der Waals surface area contributed by atoms with Crippen molar-refractivity contribution in [1.82, 2.24) is 34.8 Å². The Hall–Kier alpha value is -9.44. The molecular weight excluding hydrogens is 1470 g/mol. The fourth-order valence-corrected chi connectivity index (χ4v) is 10.2. The van der Waals surface area contributed by atoms with Gasteiger partial charge in [0.05, 0.1) is 89.0 Å². The summed E-state index contributed by atoms with van der Waals surface area (Å²) in [6.45, 7) is 1.35. The smallest absolute Gasteiger partial charge is 0.587 e. The monoisotopic (exact) mass is 1530 g/mol. The molecule has 13 rings (SSSR count). The van der Waals surface area contributed by atoms with E-state index in [2.05, 4.69) is 67.1 Å². The molecule has 4 amide bonds. The Morgan fingerprint density at radius 3 is 1.14 bits per heavy atom. The predicted molar refractivity (Wildman–Crippen MR) is 380 cm³/mol. The van der Waals surface area contributed by atoms with Crippen LogP contribution in [-0.4, -0.2) is 123 Å². The number of ether oxygens (including phenoxy) is 6. The number of aromatic nitrogens is 6. The van der Waals surface area contributed by atoms with Crippen molar-refractivity contribution in [3.63, 3.8) is 0 Å². The van der Waals surface area contributed by atoms with E-state index in [9.17, 15) is 32.3 Å². The maximum Gasteiger partial charge on any atom is 1.00 e. The van der Waals surface area contributed by atoms with Crippen LogP contribution in [0.5, 0.6) is 34.5 Å². The number of methoxy groups -OCH3 is 3. The van der Waals surface area contributed by atoms with Crippen LogP contribution in [0.25, 0.3) is 38.0 Å². The van der Waals surface area contributed by atoms with Gasteiger partial charge in [0.1, 0.15) is 67.1 Å². The molecule has 0 bridgehead atoms. The van der Waals surface area contributed by atoms with E-state index in [4.69, 9.17) is 80.0 Å². The zero-order valence-electron chi connectivity index (χ0n) is 53.1. The minimum Gasteiger partial charge on any atom is -0.587 e. The van der Waals surface area contributed by atoms with Crippen molar-refractivity contribution in [2.75, 3.05) is 75.5 Å². The predicted octanol–water partition coefficient (Wildman–Crippen LogP) is 12.3. The summed E-state index contributed by atoms with van der Waals surface area (Å²) in [5, 5.41) is 15.4. The summed E-state index contributed by atoms with van der Waals surface area (Å²) in [4.78, 5) is 73.7. The van der Waals surface area contributed by atoms with Gasteiger partial charge in [-0.05, 0) is 84.9 Å². The average Bonchev–Trinajstić information content (AvgIpc) is 1.27. The molecule has 0 saturated heterocycles. The molecule has 0 saturated carbocycles. The largest absolute Gasteiger partial charge is 1.00 e. The fourth-order valence-electron chi connectivity index (χ4n) is 9.52. The summed E-state index contributed by atoms with van der Waals surface area (Å²) in [5.41, 5.74) is 20.8. The van der Waals surface area contributed by atoms with Crippen molar-refractivity contribution in [2.45, 2.75) is 7.43 Å². The molecule has 25 nitrogen and oxygen atoms in total. The van der Waals surface area contributed by atoms with Gasteiger partial charge < -0.3 is 70.5 Å². The van der Waals surface area contributed by atoms with E-state index in [1.165, 1.54) is 68.6 Å². The molecule has 0 radical (unpaired) electrons. The summed E-state index contributed by atoms with van der Waals surface area (Å²) in [5.74, 6) is 1.57. The Morgan fingerprint density at radius 1 is 0.495 bits per heavy atom. The molecule has 101 heavy (non-hydrogen) atoms. The van der Waals surface area contributed by atoms with Gasteiger partial charge in [-0.3, -0.25) is 14.5 Å². The maximum atomic E-state index is 13.5. The average molecular weight is 1530 g/mol. The number of benzene rings is 8. The van der Waals surface area contributed by atoms with E-state index in [0.717, 1.165) is 15.7 Å². The Kier molecular flexibility index (Phi) is 30.6. The molecule has 3 aromatic heterocycles. The van der Waals surface area contributed by atoms with Crippen molar-refractivity contribution >= 4 is 142 Å². The SMILES string of the molecule is C.COc1cc2ncnc(Nc3ccc(F)c(Cl)c3)c2cc1OCCBr.COc1cc2ncnc(Nc3ccc(F)c(Cl)c3)c2cc1OCCN.COc1cc2ncnc(Nc3ccc(F)c(Cl)c3)c2cc1OCCN1C(=O)c2ccccc2C1=O.N=N.O.O=C1[N-]C(=O)c2ccccc21.[HH].[K+]. The van der Waals surface area contributed by atoms with Crippen LogP contribution >= 0.6 is 50.7 Å². The molecule has 520 valence electrons. The van der Waals surface area contributed by atoms with Crippen molar-refractivity contribution < 1.29 is 119 Å². The summed E-state index contributed by atoms with van der Waals surface area (Å²) >= 11 is 20.9. The maximum absolute atomic E-state index is 13.5. The number of halogens is 7. The Labute approximate surface area is 642 Å². The van der Waals surface area contributed by atoms with E-state index in [1.807, 2.05) is 6.07 Å². The molecule has 5 heterocycles. The molecule has 9 N–H and O–H groups in total. The standard InChI is InChI=1S/C25H18ClFN4O4.C17H14BrClFN3O2.C17H16ClFN4O2.C8H5NO2.CH4.K.H2N2.H2O.H2/c1-34-21-12-20-17(23(29-13-28-20)30-14-6-7-19(27)18(26)10-14)11-22(21)35-9-8-31-24(32)15-4-2-3-5-16(15)25(31)33;1-24-15-8-14-11(7-16(15)25-5-4-18)17(22-9-21-14)23-10-2-3-13(20)12(19)6-10;1-24-15-8-14-11(7-16(15)25-5-4-20)17(22-9-21-14)23-10-2-3-13(19)12(18)6-10;10-7-5-3-1-2-4-6(5)8(11)9-7;;;1-2;;/h2-7,10-13H,8-9H2,1H3,(H,28,29,30);2-3,6-9H,4-5H2,1H3,(H,21,22,23);2-3,6-9H,4-5,20H2,1H3,(H,21,22,23);1-4H,(H,9,10,11);1H4;;1-2H;1H2;1H/q;;;;;+1;;;/p-1. The molecule has 2 aliphatic rings. The zero-order chi connectivity index (χ0) is 70.0. The first kappa shape index (κ1) is 80.5. The van der Waals surface area contributed by atoms with Gasteiger partial charge >= 0.3 is 51.4 Å². The third kappa shape index (κ3) is 19.8. The second-order valence-corrected chi connectivity index (χ2v) is 22.1. The quantitative estimate of drug-likeness (QED) is 0.0189. The van der Waals surface area contributed by atoms with Gasteiger partial charge in [-0.25, -0.2) is 54.1 Å². The molecule has 0 spiro atoms. The molecule has 33 heteroatoms. The number of nitrogens with zero attached hydrogens (tertiary/aromatic N) is 8. The van der Waals surface area contributed by atoms with Crippen molar-refractivity contribution in [3.05, 3.63) is 219 Å². The van der Waals surface area contributed by atoms with Gasteiger partial charge in [0.15, 0.2) is 34.5 Å². The number of nitrogens with one attached hydrogen (secondary N) is 5. The Balaban J connectivity index is 0.000000252. The third-order valence-electron chi connectivity index (χ3n) is 14.1. The van der Waals surface area contributed by atoms with Crippen LogP contribution in [0.2, 0.25) is 15.1 Å². The fraction of sp³-hybridized carbons (Fsp3) is 0.147. The van der Waals surface area contributed by atoms with Gasteiger partial charge in [-0.15, -0.1) is 0 Å². The molecule has 8 aromatic carbocycles. The number of amides is 4. The number of alkyl halides is 1. The minimum atomic E-state index is -0.525. The van der Waals surface area contributed by atoms with Gasteiger partial charge in [0.2, 0.25) is 0 Å². The van der Waals surface area contributed by atoms with E-state index in [1.54, 1.807) is 105 Å². The van der Waals surface area contributed by atoms with Crippen LogP contribution in [-0.2, 0) is 0 Å². The summed E-state index contributed by atoms with van der Waals surface area (Å²) < 4.78 is 73.5. The Morgan fingerprint density at radius 2 is 0.822 bits per heavy atom.